The molecule has 2 aromatic heterocycles. The maximum absolute atomic E-state index is 13.7. The van der Waals surface area contributed by atoms with Crippen molar-refractivity contribution in [3.63, 3.8) is 0 Å². The molecule has 1 aromatic carbocycles. The highest BCUT2D eigenvalue weighted by Crippen LogP contribution is 2.27. The molecule has 5 nitrogen and oxygen atoms in total. The number of thiophene rings is 1. The molecule has 0 aliphatic carbocycles. The highest BCUT2D eigenvalue weighted by atomic mass is 79.9. The summed E-state index contributed by atoms with van der Waals surface area (Å²) in [4.78, 5) is 0. The maximum atomic E-state index is 13.7. The number of nitrogens with zero attached hydrogens (tertiary/aromatic N) is 2. The van der Waals surface area contributed by atoms with Crippen molar-refractivity contribution >= 4 is 43.1 Å². The molecule has 0 saturated carbocycles. The van der Waals surface area contributed by atoms with Crippen LogP contribution in [0.4, 0.5) is 27.8 Å². The lowest BCUT2D eigenvalue weighted by molar-refractivity contribution is 0.367. The fraction of sp³-hybridized carbons (Fsp3) is 0.0714. The first-order valence-corrected chi connectivity index (χ1v) is 10.0. The van der Waals surface area contributed by atoms with Crippen molar-refractivity contribution < 1.29 is 30.4 Å². The summed E-state index contributed by atoms with van der Waals surface area (Å²) in [6, 6.07) is 4.05. The molecule has 3 rings (SSSR count). The second-order valence-electron chi connectivity index (χ2n) is 5.11. The van der Waals surface area contributed by atoms with Gasteiger partial charge in [-0.05, 0) is 28.1 Å². The molecular formula is C14H7BrF5N3O2S2. The Hall–Kier alpha value is -1.99. The van der Waals surface area contributed by atoms with Crippen molar-refractivity contribution in [3.05, 3.63) is 62.8 Å². The van der Waals surface area contributed by atoms with Crippen molar-refractivity contribution in [1.29, 1.82) is 0 Å². The van der Waals surface area contributed by atoms with Crippen LogP contribution in [0.1, 0.15) is 5.56 Å². The largest absolute Gasteiger partial charge is 0.272 e. The van der Waals surface area contributed by atoms with Crippen LogP contribution in [0, 0.1) is 29.1 Å². The Kier molecular flexibility index (Phi) is 5.27. The van der Waals surface area contributed by atoms with Crippen LogP contribution in [0.25, 0.3) is 0 Å². The van der Waals surface area contributed by atoms with Crippen LogP contribution >= 0.6 is 27.3 Å². The van der Waals surface area contributed by atoms with E-state index in [0.29, 0.717) is 3.79 Å². The van der Waals surface area contributed by atoms with Crippen molar-refractivity contribution in [1.82, 2.24) is 9.78 Å². The molecule has 3 aromatic rings. The molecule has 1 N–H and O–H groups in total. The minimum atomic E-state index is -3.94. The van der Waals surface area contributed by atoms with E-state index in [1.54, 1.807) is 0 Å². The molecule has 0 aliphatic heterocycles. The Morgan fingerprint density at radius 1 is 1.00 bits per heavy atom. The van der Waals surface area contributed by atoms with E-state index in [2.05, 4.69) is 25.8 Å². The van der Waals surface area contributed by atoms with E-state index >= 15 is 0 Å². The van der Waals surface area contributed by atoms with E-state index in [1.807, 2.05) is 0 Å². The van der Waals surface area contributed by atoms with E-state index in [4.69, 9.17) is 0 Å². The summed E-state index contributed by atoms with van der Waals surface area (Å²) in [6.45, 7) is -0.794. The molecule has 27 heavy (non-hydrogen) atoms. The molecule has 144 valence electrons. The van der Waals surface area contributed by atoms with E-state index < -0.39 is 51.2 Å². The van der Waals surface area contributed by atoms with Gasteiger partial charge >= 0.3 is 0 Å². The Morgan fingerprint density at radius 3 is 2.15 bits per heavy atom. The molecule has 0 unspecified atom stereocenters. The van der Waals surface area contributed by atoms with Crippen molar-refractivity contribution in [3.8, 4) is 0 Å². The lowest BCUT2D eigenvalue weighted by Gasteiger charge is -2.08. The zero-order valence-corrected chi connectivity index (χ0v) is 16.0. The van der Waals surface area contributed by atoms with Crippen LogP contribution in [0.3, 0.4) is 0 Å². The average Bonchev–Trinajstić information content (AvgIpc) is 3.24. The zero-order chi connectivity index (χ0) is 19.9. The number of halogens is 6. The van der Waals surface area contributed by atoms with Crippen LogP contribution < -0.4 is 4.72 Å². The van der Waals surface area contributed by atoms with E-state index in [9.17, 15) is 30.4 Å². The average molecular weight is 488 g/mol. The fourth-order valence-electron chi connectivity index (χ4n) is 2.09. The first-order chi connectivity index (χ1) is 12.6. The molecule has 0 bridgehead atoms. The van der Waals surface area contributed by atoms with Gasteiger partial charge in [0, 0.05) is 12.3 Å². The number of aromatic nitrogens is 2. The summed E-state index contributed by atoms with van der Waals surface area (Å²) in [5.74, 6) is -10.5. The van der Waals surface area contributed by atoms with Crippen LogP contribution in [0.5, 0.6) is 0 Å². The van der Waals surface area contributed by atoms with Gasteiger partial charge in [0.15, 0.2) is 29.1 Å². The van der Waals surface area contributed by atoms with Crippen LogP contribution in [-0.2, 0) is 16.6 Å². The number of sulfonamides is 1. The van der Waals surface area contributed by atoms with Gasteiger partial charge in [-0.25, -0.2) is 30.4 Å². The molecular weight excluding hydrogens is 481 g/mol. The van der Waals surface area contributed by atoms with Crippen molar-refractivity contribution in [2.45, 2.75) is 10.8 Å². The van der Waals surface area contributed by atoms with Gasteiger partial charge in [0.1, 0.15) is 4.21 Å². The lowest BCUT2D eigenvalue weighted by atomic mass is 10.1. The Morgan fingerprint density at radius 2 is 1.59 bits per heavy atom. The van der Waals surface area contributed by atoms with Crippen molar-refractivity contribution in [2.75, 3.05) is 4.72 Å². The van der Waals surface area contributed by atoms with Crippen LogP contribution in [0.15, 0.2) is 32.4 Å². The summed E-state index contributed by atoms with van der Waals surface area (Å²) in [5, 5.41) is 3.73. The third kappa shape index (κ3) is 3.84. The molecule has 13 heteroatoms. The topological polar surface area (TPSA) is 64.0 Å². The Bertz CT molecular complexity index is 1100. The third-order valence-corrected chi connectivity index (χ3v) is 6.78. The molecule has 0 amide bonds. The van der Waals surface area contributed by atoms with Crippen LogP contribution in [-0.4, -0.2) is 18.2 Å². The number of hydrogen-bond donors (Lipinski definition) is 1. The number of nitrogens with one attached hydrogen (secondary N) is 1. The molecule has 0 radical (unpaired) electrons. The van der Waals surface area contributed by atoms with Crippen molar-refractivity contribution in [2.24, 2.45) is 0 Å². The minimum Gasteiger partial charge on any atom is -0.266 e. The molecule has 0 saturated heterocycles. The van der Waals surface area contributed by atoms with Gasteiger partial charge in [0.25, 0.3) is 10.0 Å². The van der Waals surface area contributed by atoms with Crippen LogP contribution in [0.2, 0.25) is 0 Å². The van der Waals surface area contributed by atoms with E-state index in [1.165, 1.54) is 18.2 Å². The van der Waals surface area contributed by atoms with Gasteiger partial charge in [-0.3, -0.25) is 9.40 Å². The van der Waals surface area contributed by atoms with Gasteiger partial charge in [-0.1, -0.05) is 0 Å². The first kappa shape index (κ1) is 19.8. The Balaban J connectivity index is 1.86. The molecule has 0 fully saturated rings. The summed E-state index contributed by atoms with van der Waals surface area (Å²) in [7, 11) is -3.94. The second kappa shape index (κ2) is 7.20. The van der Waals surface area contributed by atoms with Gasteiger partial charge in [-0.15, -0.1) is 11.3 Å². The zero-order valence-electron chi connectivity index (χ0n) is 12.8. The summed E-state index contributed by atoms with van der Waals surface area (Å²) in [6.07, 6.45) is 1.13. The summed E-state index contributed by atoms with van der Waals surface area (Å²) < 4.78 is 94.9. The van der Waals surface area contributed by atoms with Gasteiger partial charge in [-0.2, -0.15) is 5.10 Å². The molecule has 2 heterocycles. The predicted octanol–water partition coefficient (Wildman–Crippen LogP) is 4.25. The number of benzene rings is 1. The van der Waals surface area contributed by atoms with Gasteiger partial charge in [0.05, 0.1) is 15.9 Å². The molecule has 0 aliphatic rings. The highest BCUT2D eigenvalue weighted by molar-refractivity contribution is 9.11. The summed E-state index contributed by atoms with van der Waals surface area (Å²) in [5.41, 5.74) is -1.09. The minimum absolute atomic E-state index is 0.0105. The fourth-order valence-corrected chi connectivity index (χ4v) is 5.09. The monoisotopic (exact) mass is 487 g/mol. The first-order valence-electron chi connectivity index (χ1n) is 6.92. The summed E-state index contributed by atoms with van der Waals surface area (Å²) >= 11 is 4.07. The van der Waals surface area contributed by atoms with E-state index in [0.717, 1.165) is 22.2 Å². The second-order valence-corrected chi connectivity index (χ2v) is 9.48. The lowest BCUT2D eigenvalue weighted by Crippen LogP contribution is -2.14. The predicted molar refractivity (Wildman–Crippen MR) is 90.4 cm³/mol. The third-order valence-electron chi connectivity index (χ3n) is 3.31. The smallest absolute Gasteiger partial charge is 0.266 e. The molecule has 0 atom stereocenters. The van der Waals surface area contributed by atoms with Gasteiger partial charge in [0.2, 0.25) is 5.82 Å². The van der Waals surface area contributed by atoms with Gasteiger partial charge < -0.3 is 0 Å². The maximum Gasteiger partial charge on any atom is 0.272 e. The number of hydrogen-bond acceptors (Lipinski definition) is 4. The SMILES string of the molecule is O=S(=O)(Nc1ccn(Cc2c(F)c(F)c(F)c(F)c2F)n1)c1ccc(Br)s1. The highest BCUT2D eigenvalue weighted by Gasteiger charge is 2.26. The molecule has 0 spiro atoms. The number of anilines is 1. The van der Waals surface area contributed by atoms with E-state index in [-0.39, 0.29) is 10.0 Å². The normalized spacial score (nSPS) is 11.8. The standard InChI is InChI=1S/C14H7BrF5N3O2S2/c15-7-1-2-9(26-7)27(24,25)22-8-3-4-23(21-8)5-6-10(16)12(18)14(20)13(19)11(6)17/h1-4H,5H2,(H,21,22). The number of rotatable bonds is 5. The quantitative estimate of drug-likeness (QED) is 0.332. The Labute approximate surface area is 161 Å².